The van der Waals surface area contributed by atoms with Crippen molar-refractivity contribution < 1.29 is 14.3 Å². The largest absolute Gasteiger partial charge is 0.493 e. The van der Waals surface area contributed by atoms with Crippen LogP contribution < -0.4 is 4.74 Å². The molecule has 104 valence electrons. The summed E-state index contributed by atoms with van der Waals surface area (Å²) in [6, 6.07) is 9.72. The molecule has 4 heteroatoms. The van der Waals surface area contributed by atoms with Gasteiger partial charge in [-0.25, -0.2) is 0 Å². The van der Waals surface area contributed by atoms with Gasteiger partial charge in [0.1, 0.15) is 5.75 Å². The summed E-state index contributed by atoms with van der Waals surface area (Å²) >= 11 is 0. The standard InChI is InChI=1S/C15H21NO3/c1-12-11-19-13(2)10-16(12)15(17)8-9-18-14-6-4-3-5-7-14/h3-7,12-13H,8-11H2,1-2H3/t12-,13+/m0/s1. The molecule has 1 aliphatic heterocycles. The van der Waals surface area contributed by atoms with Crippen LogP contribution in [-0.2, 0) is 9.53 Å². The lowest BCUT2D eigenvalue weighted by molar-refractivity contribution is -0.143. The number of carbonyl (C=O) groups is 1. The molecule has 2 rings (SSSR count). The molecule has 19 heavy (non-hydrogen) atoms. The molecule has 1 aromatic rings. The Morgan fingerprint density at radius 3 is 2.84 bits per heavy atom. The van der Waals surface area contributed by atoms with Crippen molar-refractivity contribution in [3.63, 3.8) is 0 Å². The number of carbonyl (C=O) groups excluding carboxylic acids is 1. The average Bonchev–Trinajstić information content (AvgIpc) is 2.42. The summed E-state index contributed by atoms with van der Waals surface area (Å²) in [5, 5.41) is 0. The van der Waals surface area contributed by atoms with Crippen molar-refractivity contribution in [3.05, 3.63) is 30.3 Å². The summed E-state index contributed by atoms with van der Waals surface area (Å²) in [7, 11) is 0. The minimum atomic E-state index is 0.121. The number of nitrogens with zero attached hydrogens (tertiary/aromatic N) is 1. The van der Waals surface area contributed by atoms with Crippen molar-refractivity contribution in [2.45, 2.75) is 32.4 Å². The van der Waals surface area contributed by atoms with Crippen LogP contribution in [0.5, 0.6) is 5.75 Å². The van der Waals surface area contributed by atoms with Crippen LogP contribution in [0, 0.1) is 0 Å². The SMILES string of the molecule is C[C@@H]1CN(C(=O)CCOc2ccccc2)[C@@H](C)CO1. The molecule has 1 aliphatic rings. The van der Waals surface area contributed by atoms with E-state index in [9.17, 15) is 4.79 Å². The van der Waals surface area contributed by atoms with Gasteiger partial charge in [0.05, 0.1) is 31.8 Å². The van der Waals surface area contributed by atoms with Gasteiger partial charge in [-0.05, 0) is 26.0 Å². The van der Waals surface area contributed by atoms with Crippen LogP contribution in [0.1, 0.15) is 20.3 Å². The molecule has 0 radical (unpaired) electrons. The molecule has 0 bridgehead atoms. The Bertz CT molecular complexity index is 407. The Hall–Kier alpha value is -1.55. The Morgan fingerprint density at radius 2 is 2.11 bits per heavy atom. The molecule has 4 nitrogen and oxygen atoms in total. The minimum Gasteiger partial charge on any atom is -0.493 e. The van der Waals surface area contributed by atoms with E-state index >= 15 is 0 Å². The van der Waals surface area contributed by atoms with E-state index in [2.05, 4.69) is 0 Å². The summed E-state index contributed by atoms with van der Waals surface area (Å²) in [6.45, 7) is 5.72. The first-order chi connectivity index (χ1) is 9.16. The first-order valence-electron chi connectivity index (χ1n) is 6.75. The molecule has 2 atom stereocenters. The maximum absolute atomic E-state index is 12.1. The van der Waals surface area contributed by atoms with Crippen molar-refractivity contribution in [1.29, 1.82) is 0 Å². The topological polar surface area (TPSA) is 38.8 Å². The number of amides is 1. The van der Waals surface area contributed by atoms with E-state index in [4.69, 9.17) is 9.47 Å². The van der Waals surface area contributed by atoms with E-state index in [-0.39, 0.29) is 18.1 Å². The lowest BCUT2D eigenvalue weighted by atomic mass is 10.2. The van der Waals surface area contributed by atoms with Crippen molar-refractivity contribution in [2.75, 3.05) is 19.8 Å². The molecule has 1 aromatic carbocycles. The highest BCUT2D eigenvalue weighted by atomic mass is 16.5. The predicted molar refractivity (Wildman–Crippen MR) is 73.1 cm³/mol. The first-order valence-corrected chi connectivity index (χ1v) is 6.75. The molecule has 1 saturated heterocycles. The second-order valence-corrected chi connectivity index (χ2v) is 4.95. The number of morpholine rings is 1. The molecule has 0 unspecified atom stereocenters. The summed E-state index contributed by atoms with van der Waals surface area (Å²) in [6.07, 6.45) is 0.529. The maximum atomic E-state index is 12.1. The first kappa shape index (κ1) is 13.9. The van der Waals surface area contributed by atoms with Gasteiger partial charge in [0, 0.05) is 6.54 Å². The van der Waals surface area contributed by atoms with E-state index in [0.29, 0.717) is 26.2 Å². The van der Waals surface area contributed by atoms with Crippen LogP contribution >= 0.6 is 0 Å². The zero-order valence-corrected chi connectivity index (χ0v) is 11.5. The third-order valence-corrected chi connectivity index (χ3v) is 3.26. The van der Waals surface area contributed by atoms with Crippen LogP contribution in [-0.4, -0.2) is 42.7 Å². The second-order valence-electron chi connectivity index (χ2n) is 4.95. The molecule has 0 spiro atoms. The molecule has 1 amide bonds. The number of hydrogen-bond acceptors (Lipinski definition) is 3. The molecule has 0 aromatic heterocycles. The second kappa shape index (κ2) is 6.57. The third kappa shape index (κ3) is 3.96. The van der Waals surface area contributed by atoms with Gasteiger partial charge >= 0.3 is 0 Å². The molecular weight excluding hydrogens is 242 g/mol. The van der Waals surface area contributed by atoms with E-state index < -0.39 is 0 Å². The third-order valence-electron chi connectivity index (χ3n) is 3.26. The van der Waals surface area contributed by atoms with Gasteiger partial charge in [-0.15, -0.1) is 0 Å². The quantitative estimate of drug-likeness (QED) is 0.835. The number of para-hydroxylation sites is 1. The van der Waals surface area contributed by atoms with Gasteiger partial charge in [0.25, 0.3) is 0 Å². The Balaban J connectivity index is 1.77. The normalized spacial score (nSPS) is 23.2. The Morgan fingerprint density at radius 1 is 1.37 bits per heavy atom. The highest BCUT2D eigenvalue weighted by molar-refractivity contribution is 5.76. The Labute approximate surface area is 114 Å². The van der Waals surface area contributed by atoms with Crippen molar-refractivity contribution in [3.8, 4) is 5.75 Å². The van der Waals surface area contributed by atoms with Crippen molar-refractivity contribution in [2.24, 2.45) is 0 Å². The molecule has 0 aliphatic carbocycles. The van der Waals surface area contributed by atoms with Crippen LogP contribution in [0.2, 0.25) is 0 Å². The molecule has 0 saturated carbocycles. The van der Waals surface area contributed by atoms with Gasteiger partial charge in [0.2, 0.25) is 5.91 Å². The fourth-order valence-electron chi connectivity index (χ4n) is 2.17. The zero-order valence-electron chi connectivity index (χ0n) is 11.5. The van der Waals surface area contributed by atoms with Gasteiger partial charge < -0.3 is 14.4 Å². The van der Waals surface area contributed by atoms with E-state index in [0.717, 1.165) is 5.75 Å². The fraction of sp³-hybridized carbons (Fsp3) is 0.533. The van der Waals surface area contributed by atoms with Crippen LogP contribution in [0.25, 0.3) is 0 Å². The molecular formula is C15H21NO3. The lowest BCUT2D eigenvalue weighted by Crippen LogP contribution is -2.50. The van der Waals surface area contributed by atoms with Gasteiger partial charge in [-0.3, -0.25) is 4.79 Å². The number of rotatable bonds is 4. The van der Waals surface area contributed by atoms with Crippen molar-refractivity contribution in [1.82, 2.24) is 4.90 Å². The van der Waals surface area contributed by atoms with E-state index in [1.54, 1.807) is 0 Å². The smallest absolute Gasteiger partial charge is 0.226 e. The van der Waals surface area contributed by atoms with Gasteiger partial charge in [0.15, 0.2) is 0 Å². The number of ether oxygens (including phenoxy) is 2. The van der Waals surface area contributed by atoms with E-state index in [1.165, 1.54) is 0 Å². The summed E-state index contributed by atoms with van der Waals surface area (Å²) in [5.41, 5.74) is 0. The Kier molecular flexibility index (Phi) is 4.80. The van der Waals surface area contributed by atoms with Gasteiger partial charge in [-0.1, -0.05) is 18.2 Å². The fourth-order valence-corrected chi connectivity index (χ4v) is 2.17. The minimum absolute atomic E-state index is 0.121. The summed E-state index contributed by atoms with van der Waals surface area (Å²) < 4.78 is 11.1. The summed E-state index contributed by atoms with van der Waals surface area (Å²) in [5.74, 6) is 0.942. The monoisotopic (exact) mass is 263 g/mol. The molecule has 1 fully saturated rings. The van der Waals surface area contributed by atoms with Crippen molar-refractivity contribution >= 4 is 5.91 Å². The van der Waals surface area contributed by atoms with E-state index in [1.807, 2.05) is 49.1 Å². The number of hydrogen-bond donors (Lipinski definition) is 0. The van der Waals surface area contributed by atoms with Crippen LogP contribution in [0.4, 0.5) is 0 Å². The molecule has 0 N–H and O–H groups in total. The lowest BCUT2D eigenvalue weighted by Gasteiger charge is -2.36. The van der Waals surface area contributed by atoms with Crippen LogP contribution in [0.3, 0.4) is 0 Å². The predicted octanol–water partition coefficient (Wildman–Crippen LogP) is 2.09. The van der Waals surface area contributed by atoms with Gasteiger partial charge in [-0.2, -0.15) is 0 Å². The zero-order chi connectivity index (χ0) is 13.7. The highest BCUT2D eigenvalue weighted by Crippen LogP contribution is 2.13. The summed E-state index contributed by atoms with van der Waals surface area (Å²) in [4.78, 5) is 14.0. The maximum Gasteiger partial charge on any atom is 0.226 e. The average molecular weight is 263 g/mol. The molecule has 1 heterocycles. The number of benzene rings is 1. The highest BCUT2D eigenvalue weighted by Gasteiger charge is 2.26. The van der Waals surface area contributed by atoms with Crippen LogP contribution in [0.15, 0.2) is 30.3 Å².